The Morgan fingerprint density at radius 1 is 1.29 bits per heavy atom. The summed E-state index contributed by atoms with van der Waals surface area (Å²) in [6, 6.07) is 15.6. The van der Waals surface area contributed by atoms with Crippen molar-refractivity contribution in [2.24, 2.45) is 10.9 Å². The highest BCUT2D eigenvalue weighted by Gasteiger charge is 2.05. The summed E-state index contributed by atoms with van der Waals surface area (Å²) in [5.41, 5.74) is 8.50. The van der Waals surface area contributed by atoms with Crippen molar-refractivity contribution in [2.75, 3.05) is 0 Å². The van der Waals surface area contributed by atoms with Crippen LogP contribution in [-0.2, 0) is 6.54 Å². The van der Waals surface area contributed by atoms with Crippen LogP contribution < -0.4 is 11.1 Å². The molecule has 0 fully saturated rings. The van der Waals surface area contributed by atoms with Gasteiger partial charge in [-0.2, -0.15) is 0 Å². The average molecular weight is 304 g/mol. The first-order chi connectivity index (χ1) is 10.1. The second-order valence-corrected chi connectivity index (χ2v) is 5.28. The molecule has 2 aromatic carbocycles. The van der Waals surface area contributed by atoms with Gasteiger partial charge in [-0.25, -0.2) is 0 Å². The predicted molar refractivity (Wildman–Crippen MR) is 85.7 cm³/mol. The lowest BCUT2D eigenvalue weighted by Crippen LogP contribution is -2.18. The highest BCUT2D eigenvalue weighted by atomic mass is 35.5. The van der Waals surface area contributed by atoms with Crippen molar-refractivity contribution < 1.29 is 5.21 Å². The SMILES string of the molecule is C[C@@H](NCc1ccc(/C(N)=N/O)cc1)c1cccc(Cl)c1. The standard InChI is InChI=1S/C16H18ClN3O/c1-11(14-3-2-4-15(17)9-14)19-10-12-5-7-13(8-6-12)16(18)20-21/h2-9,11,19,21H,10H2,1H3,(H2,18,20)/t11-/m1/s1. The molecule has 5 heteroatoms. The summed E-state index contributed by atoms with van der Waals surface area (Å²) in [5.74, 6) is 0.113. The molecule has 0 aliphatic rings. The predicted octanol–water partition coefficient (Wildman–Crippen LogP) is 3.29. The zero-order chi connectivity index (χ0) is 15.2. The number of oxime groups is 1. The van der Waals surface area contributed by atoms with Crippen LogP contribution in [0.5, 0.6) is 0 Å². The Labute approximate surface area is 129 Å². The minimum absolute atomic E-state index is 0.113. The van der Waals surface area contributed by atoms with Crippen molar-refractivity contribution in [3.05, 3.63) is 70.2 Å². The van der Waals surface area contributed by atoms with Gasteiger partial charge in [0.2, 0.25) is 0 Å². The smallest absolute Gasteiger partial charge is 0.170 e. The highest BCUT2D eigenvalue weighted by molar-refractivity contribution is 6.30. The molecule has 2 aromatic rings. The zero-order valence-corrected chi connectivity index (χ0v) is 12.5. The average Bonchev–Trinajstić information content (AvgIpc) is 2.52. The molecule has 0 aromatic heterocycles. The van der Waals surface area contributed by atoms with Crippen molar-refractivity contribution in [2.45, 2.75) is 19.5 Å². The molecule has 4 nitrogen and oxygen atoms in total. The second-order valence-electron chi connectivity index (χ2n) is 4.84. The van der Waals surface area contributed by atoms with Crippen LogP contribution in [0.2, 0.25) is 5.02 Å². The van der Waals surface area contributed by atoms with Crippen molar-refractivity contribution in [3.8, 4) is 0 Å². The number of amidine groups is 1. The first-order valence-corrected chi connectivity index (χ1v) is 7.03. The summed E-state index contributed by atoms with van der Waals surface area (Å²) in [4.78, 5) is 0. The fourth-order valence-corrected chi connectivity index (χ4v) is 2.21. The quantitative estimate of drug-likeness (QED) is 0.343. The van der Waals surface area contributed by atoms with Gasteiger partial charge in [-0.05, 0) is 30.2 Å². The third-order valence-corrected chi connectivity index (χ3v) is 3.55. The van der Waals surface area contributed by atoms with Crippen LogP contribution in [0.15, 0.2) is 53.7 Å². The molecule has 0 amide bonds. The fourth-order valence-electron chi connectivity index (χ4n) is 2.02. The van der Waals surface area contributed by atoms with E-state index < -0.39 is 0 Å². The van der Waals surface area contributed by atoms with Crippen LogP contribution >= 0.6 is 11.6 Å². The molecule has 0 aliphatic heterocycles. The van der Waals surface area contributed by atoms with Crippen LogP contribution in [0.25, 0.3) is 0 Å². The molecule has 110 valence electrons. The Kier molecular flexibility index (Phi) is 5.20. The molecule has 0 unspecified atom stereocenters. The molecular weight excluding hydrogens is 286 g/mol. The lowest BCUT2D eigenvalue weighted by Gasteiger charge is -2.14. The van der Waals surface area contributed by atoms with Gasteiger partial charge in [0.1, 0.15) is 0 Å². The molecule has 1 atom stereocenters. The van der Waals surface area contributed by atoms with Gasteiger partial charge in [-0.3, -0.25) is 0 Å². The molecule has 2 rings (SSSR count). The van der Waals surface area contributed by atoms with Crippen LogP contribution in [0.1, 0.15) is 29.7 Å². The number of halogens is 1. The molecule has 0 spiro atoms. The minimum Gasteiger partial charge on any atom is -0.409 e. The number of nitrogens with two attached hydrogens (primary N) is 1. The second kappa shape index (κ2) is 7.11. The zero-order valence-electron chi connectivity index (χ0n) is 11.8. The number of hydrogen-bond donors (Lipinski definition) is 3. The summed E-state index contributed by atoms with van der Waals surface area (Å²) in [7, 11) is 0. The van der Waals surface area contributed by atoms with E-state index in [1.54, 1.807) is 0 Å². The van der Waals surface area contributed by atoms with Crippen LogP contribution in [0.4, 0.5) is 0 Å². The van der Waals surface area contributed by atoms with Crippen molar-refractivity contribution in [1.29, 1.82) is 0 Å². The molecule has 0 saturated heterocycles. The Bertz CT molecular complexity index is 626. The number of nitrogens with one attached hydrogen (secondary N) is 1. The highest BCUT2D eigenvalue weighted by Crippen LogP contribution is 2.17. The topological polar surface area (TPSA) is 70.6 Å². The number of rotatable bonds is 5. The van der Waals surface area contributed by atoms with Gasteiger partial charge in [0.25, 0.3) is 0 Å². The maximum Gasteiger partial charge on any atom is 0.170 e. The summed E-state index contributed by atoms with van der Waals surface area (Å²) in [6.07, 6.45) is 0. The van der Waals surface area contributed by atoms with E-state index >= 15 is 0 Å². The summed E-state index contributed by atoms with van der Waals surface area (Å²) in [6.45, 7) is 2.82. The van der Waals surface area contributed by atoms with E-state index in [0.29, 0.717) is 5.56 Å². The lowest BCUT2D eigenvalue weighted by molar-refractivity contribution is 0.318. The normalized spacial score (nSPS) is 13.1. The molecular formula is C16H18ClN3O. The van der Waals surface area contributed by atoms with E-state index in [1.807, 2.05) is 48.5 Å². The molecule has 0 bridgehead atoms. The van der Waals surface area contributed by atoms with Gasteiger partial charge in [-0.15, -0.1) is 0 Å². The van der Waals surface area contributed by atoms with Gasteiger partial charge >= 0.3 is 0 Å². The van der Waals surface area contributed by atoms with E-state index in [4.69, 9.17) is 22.5 Å². The third-order valence-electron chi connectivity index (χ3n) is 3.32. The lowest BCUT2D eigenvalue weighted by atomic mass is 10.1. The van der Waals surface area contributed by atoms with Crippen LogP contribution in [0, 0.1) is 0 Å². The van der Waals surface area contributed by atoms with Crippen molar-refractivity contribution >= 4 is 17.4 Å². The van der Waals surface area contributed by atoms with Crippen LogP contribution in [-0.4, -0.2) is 11.0 Å². The van der Waals surface area contributed by atoms with E-state index in [1.165, 1.54) is 0 Å². The number of hydrogen-bond acceptors (Lipinski definition) is 3. The summed E-state index contributed by atoms with van der Waals surface area (Å²) < 4.78 is 0. The van der Waals surface area contributed by atoms with Crippen molar-refractivity contribution in [1.82, 2.24) is 5.32 Å². The minimum atomic E-state index is 0.113. The third kappa shape index (κ3) is 4.21. The first kappa shape index (κ1) is 15.4. The van der Waals surface area contributed by atoms with E-state index in [0.717, 1.165) is 22.7 Å². The van der Waals surface area contributed by atoms with Gasteiger partial charge in [-0.1, -0.05) is 53.2 Å². The molecule has 21 heavy (non-hydrogen) atoms. The Morgan fingerprint density at radius 3 is 2.62 bits per heavy atom. The summed E-state index contributed by atoms with van der Waals surface area (Å²) in [5, 5.41) is 15.8. The number of benzene rings is 2. The maximum atomic E-state index is 8.62. The van der Waals surface area contributed by atoms with E-state index in [-0.39, 0.29) is 11.9 Å². The Morgan fingerprint density at radius 2 is 2.00 bits per heavy atom. The Hall–Kier alpha value is -2.04. The summed E-state index contributed by atoms with van der Waals surface area (Å²) >= 11 is 6.00. The maximum absolute atomic E-state index is 8.62. The molecule has 4 N–H and O–H groups in total. The largest absolute Gasteiger partial charge is 0.409 e. The first-order valence-electron chi connectivity index (χ1n) is 6.66. The van der Waals surface area contributed by atoms with Gasteiger partial charge in [0.05, 0.1) is 0 Å². The monoisotopic (exact) mass is 303 g/mol. The molecule has 0 radical (unpaired) electrons. The molecule has 0 saturated carbocycles. The van der Waals surface area contributed by atoms with Gasteiger partial charge in [0.15, 0.2) is 5.84 Å². The van der Waals surface area contributed by atoms with Gasteiger partial charge < -0.3 is 16.3 Å². The van der Waals surface area contributed by atoms with Crippen LogP contribution in [0.3, 0.4) is 0 Å². The van der Waals surface area contributed by atoms with E-state index in [2.05, 4.69) is 17.4 Å². The number of nitrogens with zero attached hydrogens (tertiary/aromatic N) is 1. The van der Waals surface area contributed by atoms with Crippen molar-refractivity contribution in [3.63, 3.8) is 0 Å². The van der Waals surface area contributed by atoms with Gasteiger partial charge in [0, 0.05) is 23.2 Å². The molecule has 0 heterocycles. The fraction of sp³-hybridized carbons (Fsp3) is 0.188. The molecule has 0 aliphatic carbocycles. The van der Waals surface area contributed by atoms with E-state index in [9.17, 15) is 0 Å². The Balaban J connectivity index is 1.96.